The van der Waals surface area contributed by atoms with Gasteiger partial charge >= 0.3 is 7.82 Å². The summed E-state index contributed by atoms with van der Waals surface area (Å²) in [7, 11) is -4.84. The molecule has 6 rings (SSSR count). The van der Waals surface area contributed by atoms with E-state index in [1.807, 2.05) is 20.8 Å². The predicted octanol–water partition coefficient (Wildman–Crippen LogP) is 18.8. The van der Waals surface area contributed by atoms with Crippen molar-refractivity contribution in [3.63, 3.8) is 0 Å². The molecule has 0 aromatic heterocycles. The second-order valence-electron chi connectivity index (χ2n) is 26.8. The predicted molar refractivity (Wildman–Crippen MR) is 301 cm³/mol. The Balaban J connectivity index is 1.69. The van der Waals surface area contributed by atoms with E-state index < -0.39 is 24.6 Å². The van der Waals surface area contributed by atoms with Gasteiger partial charge in [0.25, 0.3) is 0 Å². The highest BCUT2D eigenvalue weighted by atomic mass is 31.2. The van der Waals surface area contributed by atoms with Crippen LogP contribution in [0.25, 0.3) is 0 Å². The first-order chi connectivity index (χ1) is 32.4. The zero-order chi connectivity index (χ0) is 53.0. The minimum absolute atomic E-state index is 0.0918. The van der Waals surface area contributed by atoms with Crippen LogP contribution in [0.4, 0.5) is 0 Å². The van der Waals surface area contributed by atoms with Crippen molar-refractivity contribution in [2.45, 2.75) is 195 Å². The van der Waals surface area contributed by atoms with Crippen molar-refractivity contribution in [3.05, 3.63) is 212 Å². The fourth-order valence-electron chi connectivity index (χ4n) is 9.27. The van der Waals surface area contributed by atoms with Crippen LogP contribution in [0.1, 0.15) is 212 Å². The van der Waals surface area contributed by atoms with Crippen LogP contribution in [0.2, 0.25) is 0 Å². The molecule has 0 aliphatic rings. The molecule has 0 saturated carbocycles. The molecule has 0 bridgehead atoms. The first-order valence-electron chi connectivity index (χ1n) is 25.8. The highest BCUT2D eigenvalue weighted by Crippen LogP contribution is 2.65. The zero-order valence-electron chi connectivity index (χ0n) is 47.4. The smallest absolute Gasteiger partial charge is 0.271 e. The van der Waals surface area contributed by atoms with Gasteiger partial charge in [-0.3, -0.25) is 13.6 Å². The van der Waals surface area contributed by atoms with Crippen LogP contribution in [0.3, 0.4) is 0 Å². The molecule has 0 amide bonds. The Morgan fingerprint density at radius 2 is 0.310 bits per heavy atom. The van der Waals surface area contributed by atoms with Crippen LogP contribution in [0.5, 0.6) is 0 Å². The number of phosphoric ester groups is 1. The van der Waals surface area contributed by atoms with Crippen molar-refractivity contribution in [1.82, 2.24) is 0 Å². The summed E-state index contributed by atoms with van der Waals surface area (Å²) in [4.78, 5) is 0. The molecule has 0 N–H and O–H groups in total. The summed E-state index contributed by atoms with van der Waals surface area (Å²) in [5, 5.41) is 0. The highest BCUT2D eigenvalue weighted by Gasteiger charge is 2.51. The maximum atomic E-state index is 17.4. The van der Waals surface area contributed by atoms with E-state index in [9.17, 15) is 0 Å². The van der Waals surface area contributed by atoms with E-state index in [-0.39, 0.29) is 32.5 Å². The SMILES string of the molecule is CC(C)(C)c1ccc(C(C)(OP(=O)(OC(C)(c2ccc(C(C)(C)C)cc2)c2ccc(C(C)(C)C)cc2)OC(C)(c2ccc(C(C)(C)C)cc2)c2ccc(C(C)(C)C)cc2)c2ccc(C(C)(C)C)cc2)cc1. The number of hydrogen-bond donors (Lipinski definition) is 0. The third-order valence-corrected chi connectivity index (χ3v) is 16.5. The standard InChI is InChI=1S/C66H87O4P/c1-58(2,3)46-22-34-52(35-23-46)64(19,53-36-24-47(25-37-53)59(4,5)6)68-71(67,69-65(20,54-38-26-48(27-39-54)60(7,8)9)55-40-28-49(29-41-55)61(10,11)12)70-66(21,56-42-30-50(31-43-56)62(13,14)15)57-44-32-51(33-45-57)63(16,17)18/h22-45H,1-21H3. The highest BCUT2D eigenvalue weighted by molar-refractivity contribution is 7.48. The quantitative estimate of drug-likeness (QED) is 0.115. The van der Waals surface area contributed by atoms with Crippen LogP contribution in [-0.2, 0) is 67.4 Å². The Morgan fingerprint density at radius 3 is 0.408 bits per heavy atom. The fraction of sp³-hybridized carbons (Fsp3) is 0.455. The van der Waals surface area contributed by atoms with E-state index >= 15 is 4.57 Å². The monoisotopic (exact) mass is 975 g/mol. The summed E-state index contributed by atoms with van der Waals surface area (Å²) in [5.41, 5.74) is 7.39. The Hall–Kier alpha value is -4.57. The van der Waals surface area contributed by atoms with Gasteiger partial charge in [0.05, 0.1) is 0 Å². The van der Waals surface area contributed by atoms with Crippen LogP contribution in [0.15, 0.2) is 146 Å². The molecule has 0 atom stereocenters. The van der Waals surface area contributed by atoms with Gasteiger partial charge in [0.15, 0.2) is 0 Å². The van der Waals surface area contributed by atoms with Gasteiger partial charge in [0.2, 0.25) is 0 Å². The minimum Gasteiger partial charge on any atom is -0.271 e. The molecule has 0 radical (unpaired) electrons. The van der Waals surface area contributed by atoms with Gasteiger partial charge in [-0.15, -0.1) is 0 Å². The maximum absolute atomic E-state index is 17.4. The molecule has 0 unspecified atom stereocenters. The molecule has 0 aliphatic heterocycles. The molecule has 71 heavy (non-hydrogen) atoms. The van der Waals surface area contributed by atoms with Gasteiger partial charge in [-0.1, -0.05) is 270 Å². The van der Waals surface area contributed by atoms with E-state index in [4.69, 9.17) is 13.6 Å². The molecular weight excluding hydrogens is 888 g/mol. The summed E-state index contributed by atoms with van der Waals surface area (Å²) < 4.78 is 40.0. The molecule has 0 heterocycles. The van der Waals surface area contributed by atoms with Crippen LogP contribution in [-0.4, -0.2) is 0 Å². The Labute approximate surface area is 431 Å². The Kier molecular flexibility index (Phi) is 15.2. The van der Waals surface area contributed by atoms with E-state index in [1.54, 1.807) is 0 Å². The van der Waals surface area contributed by atoms with Gasteiger partial charge in [0.1, 0.15) is 16.8 Å². The van der Waals surface area contributed by atoms with E-state index in [0.717, 1.165) is 33.4 Å². The fourth-order valence-corrected chi connectivity index (χ4v) is 11.4. The summed E-state index contributed by atoms with van der Waals surface area (Å²) in [6, 6.07) is 51.1. The van der Waals surface area contributed by atoms with Crippen LogP contribution in [0, 0.1) is 0 Å². The average molecular weight is 975 g/mol. The van der Waals surface area contributed by atoms with Gasteiger partial charge in [-0.05, 0) is 120 Å². The molecule has 380 valence electrons. The first-order valence-corrected chi connectivity index (χ1v) is 27.2. The molecular formula is C66H87O4P. The van der Waals surface area contributed by atoms with E-state index in [2.05, 4.69) is 270 Å². The molecule has 6 aromatic rings. The molecule has 0 spiro atoms. The number of benzene rings is 6. The van der Waals surface area contributed by atoms with Gasteiger partial charge in [-0.2, -0.15) is 0 Å². The molecule has 4 nitrogen and oxygen atoms in total. The molecule has 6 aromatic carbocycles. The second kappa shape index (κ2) is 19.4. The zero-order valence-corrected chi connectivity index (χ0v) is 48.3. The van der Waals surface area contributed by atoms with Crippen molar-refractivity contribution in [2.24, 2.45) is 0 Å². The van der Waals surface area contributed by atoms with Crippen LogP contribution < -0.4 is 0 Å². The number of hydrogen-bond acceptors (Lipinski definition) is 4. The summed E-state index contributed by atoms with van der Waals surface area (Å²) in [6.07, 6.45) is 0. The lowest BCUT2D eigenvalue weighted by Crippen LogP contribution is -2.35. The summed E-state index contributed by atoms with van der Waals surface area (Å²) in [6.45, 7) is 45.8. The molecule has 0 saturated heterocycles. The van der Waals surface area contributed by atoms with Crippen molar-refractivity contribution >= 4 is 7.82 Å². The summed E-state index contributed by atoms with van der Waals surface area (Å²) >= 11 is 0. The lowest BCUT2D eigenvalue weighted by molar-refractivity contribution is -0.0290. The third kappa shape index (κ3) is 12.4. The van der Waals surface area contributed by atoms with Crippen molar-refractivity contribution in [2.75, 3.05) is 0 Å². The lowest BCUT2D eigenvalue weighted by Gasteiger charge is -2.42. The Morgan fingerprint density at radius 1 is 0.211 bits per heavy atom. The van der Waals surface area contributed by atoms with E-state index in [0.29, 0.717) is 0 Å². The normalized spacial score (nSPS) is 13.9. The first kappa shape index (κ1) is 55.7. The van der Waals surface area contributed by atoms with Crippen LogP contribution >= 0.6 is 7.82 Å². The van der Waals surface area contributed by atoms with E-state index in [1.165, 1.54) is 33.4 Å². The topological polar surface area (TPSA) is 44.8 Å². The number of rotatable bonds is 12. The Bertz CT molecular complexity index is 2290. The molecule has 0 aliphatic carbocycles. The second-order valence-corrected chi connectivity index (χ2v) is 28.2. The lowest BCUT2D eigenvalue weighted by atomic mass is 9.81. The molecule has 5 heteroatoms. The average Bonchev–Trinajstić information content (AvgIpc) is 3.27. The maximum Gasteiger partial charge on any atom is 0.478 e. The third-order valence-electron chi connectivity index (χ3n) is 14.7. The van der Waals surface area contributed by atoms with Crippen molar-refractivity contribution in [1.29, 1.82) is 0 Å². The molecule has 0 fully saturated rings. The van der Waals surface area contributed by atoms with Crippen molar-refractivity contribution < 1.29 is 18.1 Å². The van der Waals surface area contributed by atoms with Gasteiger partial charge in [0, 0.05) is 0 Å². The number of phosphoric acid groups is 1. The van der Waals surface area contributed by atoms with Crippen molar-refractivity contribution in [3.8, 4) is 0 Å². The van der Waals surface area contributed by atoms with Gasteiger partial charge < -0.3 is 0 Å². The summed E-state index contributed by atoms with van der Waals surface area (Å²) in [5.74, 6) is 0. The van der Waals surface area contributed by atoms with Gasteiger partial charge in [-0.25, -0.2) is 4.57 Å². The largest absolute Gasteiger partial charge is 0.478 e. The minimum atomic E-state index is -4.84.